The Kier molecular flexibility index (Phi) is 8.60. The molecule has 220 valence electrons. The van der Waals surface area contributed by atoms with Crippen LogP contribution in [0.2, 0.25) is 0 Å². The van der Waals surface area contributed by atoms with E-state index in [4.69, 9.17) is 14.6 Å². The molecular formula is C31H32FN3O7. The van der Waals surface area contributed by atoms with Gasteiger partial charge < -0.3 is 35.1 Å². The number of ether oxygens (including phenoxy) is 2. The number of benzene rings is 3. The van der Waals surface area contributed by atoms with Crippen LogP contribution in [0.25, 0.3) is 11.3 Å². The number of H-pyrrole nitrogens is 1. The smallest absolute Gasteiger partial charge is 0.329 e. The Morgan fingerprint density at radius 2 is 1.79 bits per heavy atom. The lowest BCUT2D eigenvalue weighted by Gasteiger charge is -2.19. The Balaban J connectivity index is 1.44. The molecule has 2 atom stereocenters. The molecule has 0 aliphatic heterocycles. The maximum Gasteiger partial charge on any atom is 0.329 e. The van der Waals surface area contributed by atoms with E-state index < -0.39 is 42.0 Å². The molecule has 4 aromatic rings. The van der Waals surface area contributed by atoms with Gasteiger partial charge in [-0.05, 0) is 78.4 Å². The van der Waals surface area contributed by atoms with Crippen molar-refractivity contribution in [3.8, 4) is 28.6 Å². The number of hydrogen-bond donors (Lipinski definition) is 5. The van der Waals surface area contributed by atoms with Crippen molar-refractivity contribution in [3.05, 3.63) is 94.2 Å². The highest BCUT2D eigenvalue weighted by Crippen LogP contribution is 2.41. The van der Waals surface area contributed by atoms with E-state index in [-0.39, 0.29) is 24.4 Å². The van der Waals surface area contributed by atoms with Crippen LogP contribution in [0.3, 0.4) is 0 Å². The van der Waals surface area contributed by atoms with E-state index in [9.17, 15) is 24.2 Å². The van der Waals surface area contributed by atoms with Gasteiger partial charge >= 0.3 is 5.69 Å². The second kappa shape index (κ2) is 12.5. The zero-order chi connectivity index (χ0) is 29.8. The number of imidazole rings is 1. The predicted octanol–water partition coefficient (Wildman–Crippen LogP) is 3.73. The molecule has 0 unspecified atom stereocenters. The van der Waals surface area contributed by atoms with Gasteiger partial charge in [0.1, 0.15) is 41.8 Å². The van der Waals surface area contributed by atoms with Gasteiger partial charge in [-0.2, -0.15) is 0 Å². The van der Waals surface area contributed by atoms with Crippen LogP contribution >= 0.6 is 0 Å². The molecule has 1 aromatic heterocycles. The lowest BCUT2D eigenvalue weighted by atomic mass is 10.0. The van der Waals surface area contributed by atoms with Crippen LogP contribution in [0, 0.1) is 5.82 Å². The van der Waals surface area contributed by atoms with Crippen LogP contribution < -0.4 is 20.5 Å². The van der Waals surface area contributed by atoms with Crippen LogP contribution in [0.5, 0.6) is 17.4 Å². The highest BCUT2D eigenvalue weighted by Gasteiger charge is 2.30. The fourth-order valence-electron chi connectivity index (χ4n) is 4.70. The SMILES string of the molecule is COc1ccc(C[C@@H](C(=O)Nc2ccc(C3CC3)cc2F)n2c(O)c(-c3ccc(OC[C@@H](O)CO)cc3)[nH]c2=O)cc1. The van der Waals surface area contributed by atoms with Crippen molar-refractivity contribution in [2.24, 2.45) is 0 Å². The molecule has 1 amide bonds. The Bertz CT molecular complexity index is 1590. The number of nitrogens with zero attached hydrogens (tertiary/aromatic N) is 1. The topological polar surface area (TPSA) is 146 Å². The number of nitrogens with one attached hydrogen (secondary N) is 2. The summed E-state index contributed by atoms with van der Waals surface area (Å²) in [6.07, 6.45) is 1.01. The van der Waals surface area contributed by atoms with Crippen molar-refractivity contribution < 1.29 is 34.0 Å². The first-order valence-electron chi connectivity index (χ1n) is 13.6. The molecule has 11 heteroatoms. The normalized spacial score (nSPS) is 14.3. The maximum atomic E-state index is 14.9. The number of aliphatic hydroxyl groups is 2. The van der Waals surface area contributed by atoms with Crippen LogP contribution in [-0.4, -0.2) is 57.2 Å². The van der Waals surface area contributed by atoms with Crippen LogP contribution in [0.15, 0.2) is 71.5 Å². The molecule has 42 heavy (non-hydrogen) atoms. The lowest BCUT2D eigenvalue weighted by molar-refractivity contribution is -0.119. The summed E-state index contributed by atoms with van der Waals surface area (Å²) in [4.78, 5) is 29.4. The molecule has 1 fully saturated rings. The number of rotatable bonds is 12. The van der Waals surface area contributed by atoms with Gasteiger partial charge in [0.2, 0.25) is 11.8 Å². The third-order valence-corrected chi connectivity index (χ3v) is 7.20. The Hall–Kier alpha value is -4.61. The minimum atomic E-state index is -1.24. The summed E-state index contributed by atoms with van der Waals surface area (Å²) in [6, 6.07) is 16.7. The summed E-state index contributed by atoms with van der Waals surface area (Å²) in [5.41, 5.74) is 1.33. The fraction of sp³-hybridized carbons (Fsp3) is 0.290. The molecule has 0 radical (unpaired) electrons. The van der Waals surface area contributed by atoms with Gasteiger partial charge in [0, 0.05) is 12.0 Å². The van der Waals surface area contributed by atoms with Gasteiger partial charge in [0.25, 0.3) is 0 Å². The number of carbonyl (C=O) groups excluding carboxylic acids is 1. The summed E-state index contributed by atoms with van der Waals surface area (Å²) in [5.74, 6) is -0.371. The molecule has 1 heterocycles. The first kappa shape index (κ1) is 28.9. The highest BCUT2D eigenvalue weighted by atomic mass is 19.1. The highest BCUT2D eigenvalue weighted by molar-refractivity contribution is 5.94. The third-order valence-electron chi connectivity index (χ3n) is 7.20. The monoisotopic (exact) mass is 577 g/mol. The number of methoxy groups -OCH3 is 1. The maximum absolute atomic E-state index is 14.9. The van der Waals surface area contributed by atoms with E-state index in [1.165, 1.54) is 19.2 Å². The molecule has 1 aliphatic rings. The third kappa shape index (κ3) is 6.48. The molecule has 0 spiro atoms. The lowest BCUT2D eigenvalue weighted by Crippen LogP contribution is -2.33. The van der Waals surface area contributed by atoms with E-state index >= 15 is 0 Å². The van der Waals surface area contributed by atoms with Gasteiger partial charge in [-0.15, -0.1) is 0 Å². The number of aromatic amines is 1. The number of aromatic nitrogens is 2. The van der Waals surface area contributed by atoms with Crippen LogP contribution in [0.4, 0.5) is 10.1 Å². The van der Waals surface area contributed by atoms with Crippen molar-refractivity contribution in [3.63, 3.8) is 0 Å². The number of aliphatic hydroxyl groups excluding tert-OH is 2. The quantitative estimate of drug-likeness (QED) is 0.172. The molecule has 1 aliphatic carbocycles. The van der Waals surface area contributed by atoms with Gasteiger partial charge in [0.05, 0.1) is 19.4 Å². The number of aromatic hydroxyl groups is 1. The van der Waals surface area contributed by atoms with Gasteiger partial charge in [0.15, 0.2) is 0 Å². The number of halogens is 1. The van der Waals surface area contributed by atoms with Crippen LogP contribution in [-0.2, 0) is 11.2 Å². The Morgan fingerprint density at radius 3 is 2.40 bits per heavy atom. The van der Waals surface area contributed by atoms with Crippen molar-refractivity contribution in [1.29, 1.82) is 0 Å². The largest absolute Gasteiger partial charge is 0.497 e. The van der Waals surface area contributed by atoms with Gasteiger partial charge in [-0.3, -0.25) is 4.79 Å². The van der Waals surface area contributed by atoms with Gasteiger partial charge in [-0.1, -0.05) is 18.2 Å². The number of amides is 1. The van der Waals surface area contributed by atoms with E-state index in [1.807, 2.05) is 0 Å². The summed E-state index contributed by atoms with van der Waals surface area (Å²) in [5, 5.41) is 32.2. The zero-order valence-corrected chi connectivity index (χ0v) is 22.9. The summed E-state index contributed by atoms with van der Waals surface area (Å²) in [6.45, 7) is -0.551. The number of hydrogen-bond acceptors (Lipinski definition) is 7. The number of carbonyl (C=O) groups is 1. The summed E-state index contributed by atoms with van der Waals surface area (Å²) in [7, 11) is 1.53. The second-order valence-corrected chi connectivity index (χ2v) is 10.2. The van der Waals surface area contributed by atoms with E-state index in [2.05, 4.69) is 10.3 Å². The second-order valence-electron chi connectivity index (χ2n) is 10.2. The summed E-state index contributed by atoms with van der Waals surface area (Å²) < 4.78 is 26.5. The zero-order valence-electron chi connectivity index (χ0n) is 22.9. The molecule has 0 bridgehead atoms. The van der Waals surface area contributed by atoms with Crippen LogP contribution in [0.1, 0.15) is 35.9 Å². The molecule has 5 N–H and O–H groups in total. The van der Waals surface area contributed by atoms with Crippen molar-refractivity contribution in [2.45, 2.75) is 37.3 Å². The molecule has 5 rings (SSSR count). The minimum Gasteiger partial charge on any atom is -0.497 e. The average Bonchev–Trinajstić information content (AvgIpc) is 3.81. The van der Waals surface area contributed by atoms with Crippen molar-refractivity contribution in [1.82, 2.24) is 9.55 Å². The molecule has 0 saturated heterocycles. The Morgan fingerprint density at radius 1 is 1.10 bits per heavy atom. The predicted molar refractivity (Wildman–Crippen MR) is 153 cm³/mol. The van der Waals surface area contributed by atoms with E-state index in [1.54, 1.807) is 54.6 Å². The first-order chi connectivity index (χ1) is 20.3. The summed E-state index contributed by atoms with van der Waals surface area (Å²) >= 11 is 0. The van der Waals surface area contributed by atoms with E-state index in [0.717, 1.165) is 23.0 Å². The minimum absolute atomic E-state index is 0.0162. The van der Waals surface area contributed by atoms with Gasteiger partial charge in [-0.25, -0.2) is 13.8 Å². The Labute approximate surface area is 241 Å². The standard InChI is InChI=1S/C31H32FN3O7/c1-41-23-9-2-18(3-10-23)14-27(29(38)33-26-13-8-21(15-25(26)32)19-4-5-19)35-30(39)28(34-31(35)40)20-6-11-24(12-7-20)42-17-22(37)16-36/h2-3,6-13,15,19,22,27,36-37,39H,4-5,14,16-17H2,1H3,(H,33,38)(H,34,40)/t22-,27-/m0/s1. The molecule has 10 nitrogen and oxygen atoms in total. The van der Waals surface area contributed by atoms with E-state index in [0.29, 0.717) is 28.5 Å². The van der Waals surface area contributed by atoms with Crippen molar-refractivity contribution in [2.75, 3.05) is 25.6 Å². The number of anilines is 1. The molecule has 1 saturated carbocycles. The fourth-order valence-corrected chi connectivity index (χ4v) is 4.70. The molecule has 3 aromatic carbocycles. The average molecular weight is 578 g/mol. The molecular weight excluding hydrogens is 545 g/mol. The van der Waals surface area contributed by atoms with Crippen molar-refractivity contribution >= 4 is 11.6 Å². The first-order valence-corrected chi connectivity index (χ1v) is 13.6.